The summed E-state index contributed by atoms with van der Waals surface area (Å²) in [4.78, 5) is 27.2. The van der Waals surface area contributed by atoms with Gasteiger partial charge in [-0.05, 0) is 37.3 Å². The summed E-state index contributed by atoms with van der Waals surface area (Å²) in [6.07, 6.45) is 0.350. The molecular weight excluding hydrogens is 389 g/mol. The van der Waals surface area contributed by atoms with Gasteiger partial charge in [-0.15, -0.1) is 0 Å². The predicted molar refractivity (Wildman–Crippen MR) is 104 cm³/mol. The van der Waals surface area contributed by atoms with Gasteiger partial charge in [-0.25, -0.2) is 0 Å². The van der Waals surface area contributed by atoms with Crippen LogP contribution in [0.3, 0.4) is 0 Å². The third-order valence-corrected chi connectivity index (χ3v) is 4.24. The van der Waals surface area contributed by atoms with Gasteiger partial charge in [-0.3, -0.25) is 4.79 Å². The zero-order valence-electron chi connectivity index (χ0n) is 14.3. The van der Waals surface area contributed by atoms with Crippen molar-refractivity contribution in [2.24, 2.45) is 0 Å². The highest BCUT2D eigenvalue weighted by Gasteiger charge is 2.14. The van der Waals surface area contributed by atoms with Gasteiger partial charge in [-0.2, -0.15) is 4.98 Å². The first-order valence-electron chi connectivity index (χ1n) is 8.11. The summed E-state index contributed by atoms with van der Waals surface area (Å²) >= 11 is 12.1. The molecule has 0 bridgehead atoms. The molecule has 0 aliphatic carbocycles. The fraction of sp³-hybridized carbons (Fsp3) is 0.158. The molecule has 2 aromatic carbocycles. The van der Waals surface area contributed by atoms with E-state index in [0.717, 1.165) is 0 Å². The van der Waals surface area contributed by atoms with Gasteiger partial charge >= 0.3 is 0 Å². The average Bonchev–Trinajstić information content (AvgIpc) is 3.10. The van der Waals surface area contributed by atoms with Gasteiger partial charge in [0, 0.05) is 29.1 Å². The van der Waals surface area contributed by atoms with Crippen molar-refractivity contribution in [3.05, 3.63) is 52.5 Å². The second-order valence-corrected chi connectivity index (χ2v) is 6.72. The minimum absolute atomic E-state index is 0.0286. The van der Waals surface area contributed by atoms with Crippen molar-refractivity contribution in [3.63, 3.8) is 0 Å². The molecule has 0 aliphatic heterocycles. The molecule has 1 amide bonds. The highest BCUT2D eigenvalue weighted by molar-refractivity contribution is 6.36. The van der Waals surface area contributed by atoms with E-state index < -0.39 is 0 Å². The number of hydrogen-bond donors (Lipinski definition) is 1. The monoisotopic (exact) mass is 403 g/mol. The van der Waals surface area contributed by atoms with Gasteiger partial charge in [0.1, 0.15) is 5.78 Å². The zero-order valence-corrected chi connectivity index (χ0v) is 15.8. The number of rotatable bonds is 6. The predicted octanol–water partition coefficient (Wildman–Crippen LogP) is 5.02. The molecule has 0 aliphatic rings. The van der Waals surface area contributed by atoms with Crippen LogP contribution in [0.4, 0.5) is 5.69 Å². The van der Waals surface area contributed by atoms with Gasteiger partial charge in [0.2, 0.25) is 11.7 Å². The minimum atomic E-state index is -0.232. The number of carbonyl (C=O) groups is 2. The van der Waals surface area contributed by atoms with E-state index in [1.807, 2.05) is 0 Å². The van der Waals surface area contributed by atoms with Gasteiger partial charge in [0.25, 0.3) is 5.89 Å². The fourth-order valence-corrected chi connectivity index (χ4v) is 2.85. The molecule has 0 unspecified atom stereocenters. The Morgan fingerprint density at radius 3 is 2.67 bits per heavy atom. The maximum Gasteiger partial charge on any atom is 0.259 e. The van der Waals surface area contributed by atoms with Crippen LogP contribution in [-0.2, 0) is 9.59 Å². The summed E-state index contributed by atoms with van der Waals surface area (Å²) in [5, 5.41) is 7.64. The van der Waals surface area contributed by atoms with Crippen molar-refractivity contribution in [2.45, 2.75) is 19.8 Å². The number of nitrogens with one attached hydrogen (secondary N) is 1. The Hall–Kier alpha value is -2.70. The Morgan fingerprint density at radius 1 is 1.11 bits per heavy atom. The molecular formula is C19H15Cl2N3O3. The van der Waals surface area contributed by atoms with Crippen LogP contribution in [0.1, 0.15) is 19.8 Å². The topological polar surface area (TPSA) is 85.1 Å². The summed E-state index contributed by atoms with van der Waals surface area (Å²) in [6.45, 7) is 1.45. The van der Waals surface area contributed by atoms with E-state index in [9.17, 15) is 9.59 Å². The molecule has 0 radical (unpaired) electrons. The Bertz CT molecular complexity index is 1000. The van der Waals surface area contributed by atoms with Crippen molar-refractivity contribution in [1.29, 1.82) is 0 Å². The van der Waals surface area contributed by atoms with Crippen LogP contribution in [0.2, 0.25) is 10.0 Å². The Labute approximate surface area is 165 Å². The quantitative estimate of drug-likeness (QED) is 0.624. The van der Waals surface area contributed by atoms with Crippen LogP contribution < -0.4 is 5.32 Å². The second kappa shape index (κ2) is 8.33. The average molecular weight is 404 g/mol. The van der Waals surface area contributed by atoms with Gasteiger partial charge < -0.3 is 14.6 Å². The maximum absolute atomic E-state index is 11.9. The molecule has 0 atom stereocenters. The smallest absolute Gasteiger partial charge is 0.259 e. The molecule has 27 heavy (non-hydrogen) atoms. The summed E-state index contributed by atoms with van der Waals surface area (Å²) in [6, 6.07) is 12.0. The Kier molecular flexibility index (Phi) is 5.88. The van der Waals surface area contributed by atoms with Crippen LogP contribution in [-0.4, -0.2) is 21.8 Å². The van der Waals surface area contributed by atoms with Crippen LogP contribution in [0.15, 0.2) is 47.0 Å². The minimum Gasteiger partial charge on any atom is -0.334 e. The van der Waals surface area contributed by atoms with E-state index in [-0.39, 0.29) is 30.4 Å². The zero-order chi connectivity index (χ0) is 19.4. The Morgan fingerprint density at radius 2 is 1.93 bits per heavy atom. The molecule has 3 aromatic rings. The van der Waals surface area contributed by atoms with Gasteiger partial charge in [0.05, 0.1) is 10.6 Å². The van der Waals surface area contributed by atoms with E-state index in [1.54, 1.807) is 42.5 Å². The maximum atomic E-state index is 11.9. The summed E-state index contributed by atoms with van der Waals surface area (Å²) in [5.41, 5.74) is 1.82. The number of nitrogens with zero attached hydrogens (tertiary/aromatic N) is 2. The number of anilines is 1. The standard InChI is InChI=1S/C19H15Cl2N3O3/c1-11(25)5-8-17(26)22-14-4-2-3-12(9-14)18-23-19(27-24-18)15-7-6-13(20)10-16(15)21/h2-4,6-7,9-10H,5,8H2,1H3,(H,22,26). The third-order valence-electron chi connectivity index (χ3n) is 3.70. The van der Waals surface area contributed by atoms with Crippen molar-refractivity contribution < 1.29 is 14.1 Å². The van der Waals surface area contributed by atoms with Crippen LogP contribution in [0.25, 0.3) is 22.8 Å². The lowest BCUT2D eigenvalue weighted by atomic mass is 10.1. The number of halogens is 2. The SMILES string of the molecule is CC(=O)CCC(=O)Nc1cccc(-c2noc(-c3ccc(Cl)cc3Cl)n2)c1. The van der Waals surface area contributed by atoms with E-state index in [0.29, 0.717) is 32.7 Å². The number of hydrogen-bond acceptors (Lipinski definition) is 5. The number of amides is 1. The van der Waals surface area contributed by atoms with E-state index in [4.69, 9.17) is 27.7 Å². The molecule has 6 nitrogen and oxygen atoms in total. The summed E-state index contributed by atoms with van der Waals surface area (Å²) in [5.74, 6) is 0.363. The van der Waals surface area contributed by atoms with Crippen molar-refractivity contribution in [3.8, 4) is 22.8 Å². The number of benzene rings is 2. The highest BCUT2D eigenvalue weighted by Crippen LogP contribution is 2.31. The first-order chi connectivity index (χ1) is 12.9. The van der Waals surface area contributed by atoms with Crippen molar-refractivity contribution in [2.75, 3.05) is 5.32 Å². The molecule has 0 saturated heterocycles. The van der Waals surface area contributed by atoms with E-state index >= 15 is 0 Å². The lowest BCUT2D eigenvalue weighted by Gasteiger charge is -2.05. The van der Waals surface area contributed by atoms with Gasteiger partial charge in [0.15, 0.2) is 0 Å². The first-order valence-corrected chi connectivity index (χ1v) is 8.87. The molecule has 1 heterocycles. The molecule has 0 spiro atoms. The molecule has 1 N–H and O–H groups in total. The third kappa shape index (κ3) is 4.93. The number of carbonyl (C=O) groups excluding carboxylic acids is 2. The molecule has 0 saturated carbocycles. The van der Waals surface area contributed by atoms with Crippen LogP contribution in [0.5, 0.6) is 0 Å². The molecule has 1 aromatic heterocycles. The number of aromatic nitrogens is 2. The van der Waals surface area contributed by atoms with E-state index in [1.165, 1.54) is 6.92 Å². The van der Waals surface area contributed by atoms with Crippen LogP contribution >= 0.6 is 23.2 Å². The second-order valence-electron chi connectivity index (χ2n) is 5.88. The van der Waals surface area contributed by atoms with Gasteiger partial charge in [-0.1, -0.05) is 40.5 Å². The Balaban J connectivity index is 1.78. The summed E-state index contributed by atoms with van der Waals surface area (Å²) in [7, 11) is 0. The molecule has 3 rings (SSSR count). The largest absolute Gasteiger partial charge is 0.334 e. The fourth-order valence-electron chi connectivity index (χ4n) is 2.36. The first kappa shape index (κ1) is 19.1. The lowest BCUT2D eigenvalue weighted by molar-refractivity contribution is -0.121. The van der Waals surface area contributed by atoms with E-state index in [2.05, 4.69) is 15.5 Å². The van der Waals surface area contributed by atoms with Crippen molar-refractivity contribution in [1.82, 2.24) is 10.1 Å². The van der Waals surface area contributed by atoms with Crippen LogP contribution in [0, 0.1) is 0 Å². The summed E-state index contributed by atoms with van der Waals surface area (Å²) < 4.78 is 5.30. The number of ketones is 1. The number of Topliss-reactive ketones (excluding diaryl/α,β-unsaturated/α-hetero) is 1. The molecule has 8 heteroatoms. The normalized spacial score (nSPS) is 10.6. The molecule has 0 fully saturated rings. The van der Waals surface area contributed by atoms with Crippen molar-refractivity contribution >= 4 is 40.6 Å². The highest BCUT2D eigenvalue weighted by atomic mass is 35.5. The molecule has 138 valence electrons. The lowest BCUT2D eigenvalue weighted by Crippen LogP contribution is -2.12.